The minimum absolute atomic E-state index is 0.631. The van der Waals surface area contributed by atoms with Gasteiger partial charge in [0.2, 0.25) is 0 Å². The first kappa shape index (κ1) is 73.6. The van der Waals surface area contributed by atoms with Crippen LogP contribution in [0.4, 0.5) is 0 Å². The maximum atomic E-state index is 5.44. The van der Waals surface area contributed by atoms with E-state index in [0.29, 0.717) is 17.5 Å². The van der Waals surface area contributed by atoms with Crippen LogP contribution in [0.1, 0.15) is 0 Å². The zero-order chi connectivity index (χ0) is 84.0. The molecule has 0 spiro atoms. The monoisotopic (exact) mass is 1700 g/mol. The maximum absolute atomic E-state index is 5.44. The summed E-state index contributed by atoms with van der Waals surface area (Å²) in [7, 11) is 0. The second-order valence-electron chi connectivity index (χ2n) is 32.3. The molecule has 0 N–H and O–H groups in total. The average Bonchev–Trinajstić information content (AvgIpc) is 1.47. The number of hydrogen-bond donors (Lipinski definition) is 0. The highest BCUT2D eigenvalue weighted by Crippen LogP contribution is 2.49. The fourth-order valence-corrected chi connectivity index (χ4v) is 24.0. The first-order valence-corrected chi connectivity index (χ1v) is 46.0. The van der Waals surface area contributed by atoms with Crippen LogP contribution in [-0.2, 0) is 0 Å². The first-order valence-electron chi connectivity index (χ1n) is 42.7. The van der Waals surface area contributed by atoms with Crippen molar-refractivity contribution in [3.8, 4) is 79.5 Å². The summed E-state index contributed by atoms with van der Waals surface area (Å²) in [5.41, 5.74) is 16.6. The molecule has 28 aromatic rings. The lowest BCUT2D eigenvalue weighted by Gasteiger charge is -2.15. The van der Waals surface area contributed by atoms with E-state index in [2.05, 4.69) is 358 Å². The molecule has 0 saturated carbocycles. The van der Waals surface area contributed by atoms with Crippen LogP contribution in [0.25, 0.3) is 269 Å². The summed E-state index contributed by atoms with van der Waals surface area (Å²) in [6.07, 6.45) is 0. The smallest absolute Gasteiger partial charge is 0.179 e. The van der Waals surface area contributed by atoms with Gasteiger partial charge in [-0.15, -0.1) is 45.3 Å². The lowest BCUT2D eigenvalue weighted by atomic mass is 9.93. The van der Waals surface area contributed by atoms with Gasteiger partial charge in [-0.05, 0) is 80.5 Å². The van der Waals surface area contributed by atoms with E-state index in [1.54, 1.807) is 22.7 Å². The van der Waals surface area contributed by atoms with Crippen molar-refractivity contribution in [2.75, 3.05) is 0 Å². The third-order valence-corrected chi connectivity index (χ3v) is 29.9. The van der Waals surface area contributed by atoms with E-state index in [1.807, 2.05) is 59.1 Å². The fourth-order valence-electron chi connectivity index (χ4n) is 19.2. The number of thiophene rings is 4. The Morgan fingerprint density at radius 1 is 0.133 bits per heavy atom. The van der Waals surface area contributed by atoms with Crippen LogP contribution < -0.4 is 0 Å². The second-order valence-corrected chi connectivity index (χ2v) is 36.5. The third-order valence-electron chi connectivity index (χ3n) is 25.1. The van der Waals surface area contributed by atoms with E-state index < -0.39 is 0 Å². The molecule has 0 aliphatic carbocycles. The molecule has 0 amide bonds. The molecule has 128 heavy (non-hydrogen) atoms. The van der Waals surface area contributed by atoms with Crippen LogP contribution in [0, 0.1) is 0 Å². The van der Waals surface area contributed by atoms with Crippen LogP contribution >= 0.6 is 45.3 Å². The van der Waals surface area contributed by atoms with Gasteiger partial charge in [0, 0.05) is 132 Å². The summed E-state index contributed by atoms with van der Waals surface area (Å²) in [6, 6.07) is 139. The summed E-state index contributed by atoms with van der Waals surface area (Å²) in [5, 5.41) is 25.6. The molecule has 10 heterocycles. The highest BCUT2D eigenvalue weighted by Gasteiger charge is 2.26. The topological polar surface area (TPSA) is 116 Å². The minimum atomic E-state index is 0.631. The van der Waals surface area contributed by atoms with E-state index in [4.69, 9.17) is 44.9 Å². The quantitative estimate of drug-likeness (QED) is 0.144. The van der Waals surface area contributed by atoms with Crippen LogP contribution in [0.2, 0.25) is 0 Å². The van der Waals surface area contributed by atoms with Crippen molar-refractivity contribution in [3.05, 3.63) is 394 Å². The molecule has 0 atom stereocenters. The Morgan fingerprint density at radius 3 is 0.812 bits per heavy atom. The molecule has 0 saturated heterocycles. The molecule has 13 heteroatoms. The Morgan fingerprint density at radius 2 is 0.406 bits per heavy atom. The Bertz CT molecular complexity index is 9520. The van der Waals surface area contributed by atoms with Crippen molar-refractivity contribution in [2.45, 2.75) is 0 Å². The molecule has 0 aliphatic rings. The van der Waals surface area contributed by atoms with Crippen LogP contribution in [0.3, 0.4) is 0 Å². The number of para-hydroxylation sites is 3. The van der Waals surface area contributed by atoms with Crippen LogP contribution in [0.15, 0.2) is 394 Å². The van der Waals surface area contributed by atoms with Gasteiger partial charge in [-0.3, -0.25) is 0 Å². The highest BCUT2D eigenvalue weighted by molar-refractivity contribution is 7.28. The summed E-state index contributed by atoms with van der Waals surface area (Å²) in [6.45, 7) is 0. The van der Waals surface area contributed by atoms with Gasteiger partial charge in [-0.25, -0.2) is 44.9 Å². The summed E-state index contributed by atoms with van der Waals surface area (Å²) in [4.78, 5) is 47.5. The van der Waals surface area contributed by atoms with Crippen molar-refractivity contribution >= 4 is 235 Å². The normalized spacial score (nSPS) is 11.9. The molecule has 594 valence electrons. The van der Waals surface area contributed by atoms with E-state index >= 15 is 0 Å². The Balaban J connectivity index is 0.000000102. The minimum Gasteiger partial charge on any atom is -0.242 e. The fraction of sp³-hybridized carbons (Fsp3) is 0. The summed E-state index contributed by atoms with van der Waals surface area (Å²) < 4.78 is 9.93. The average molecular weight is 1700 g/mol. The van der Waals surface area contributed by atoms with Gasteiger partial charge in [0.15, 0.2) is 17.5 Å². The van der Waals surface area contributed by atoms with Crippen LogP contribution in [-0.4, -0.2) is 44.9 Å². The zero-order valence-corrected chi connectivity index (χ0v) is 71.5. The van der Waals surface area contributed by atoms with Gasteiger partial charge in [0.1, 0.15) is 17.1 Å². The highest BCUT2D eigenvalue weighted by atomic mass is 32.1. The van der Waals surface area contributed by atoms with Crippen molar-refractivity contribution < 1.29 is 0 Å². The van der Waals surface area contributed by atoms with E-state index in [0.717, 1.165) is 149 Å². The maximum Gasteiger partial charge on any atom is 0.179 e. The van der Waals surface area contributed by atoms with Gasteiger partial charge in [0.25, 0.3) is 0 Å². The lowest BCUT2D eigenvalue weighted by molar-refractivity contribution is 1.20. The Labute approximate surface area is 747 Å². The summed E-state index contributed by atoms with van der Waals surface area (Å²) in [5.74, 6) is 1.92. The molecule has 28 rings (SSSR count). The van der Waals surface area contributed by atoms with E-state index in [9.17, 15) is 0 Å². The van der Waals surface area contributed by atoms with Crippen molar-refractivity contribution in [1.29, 1.82) is 0 Å². The Hall–Kier alpha value is -15.9. The van der Waals surface area contributed by atoms with Crippen molar-refractivity contribution in [1.82, 2.24) is 44.9 Å². The van der Waals surface area contributed by atoms with Gasteiger partial charge in [-0.1, -0.05) is 352 Å². The molecule has 18 aromatic carbocycles. The zero-order valence-electron chi connectivity index (χ0n) is 68.2. The number of nitrogens with zero attached hydrogens (tertiary/aromatic N) is 9. The number of aromatic nitrogens is 9. The van der Waals surface area contributed by atoms with E-state index in [1.165, 1.54) is 103 Å². The van der Waals surface area contributed by atoms with Crippen LogP contribution in [0.5, 0.6) is 0 Å². The molecule has 0 fully saturated rings. The number of fused-ring (bicyclic) bond motifs is 28. The van der Waals surface area contributed by atoms with Gasteiger partial charge in [-0.2, -0.15) is 0 Å². The Kier molecular flexibility index (Phi) is 17.2. The van der Waals surface area contributed by atoms with Crippen molar-refractivity contribution in [2.24, 2.45) is 0 Å². The predicted molar refractivity (Wildman–Crippen MR) is 544 cm³/mol. The van der Waals surface area contributed by atoms with Gasteiger partial charge in [0.05, 0.1) is 64.3 Å². The summed E-state index contributed by atoms with van der Waals surface area (Å²) >= 11 is 7.24. The molecule has 0 unspecified atom stereocenters. The predicted octanol–water partition coefficient (Wildman–Crippen LogP) is 32.3. The number of benzene rings is 18. The molecule has 10 aromatic heterocycles. The molecule has 0 bridgehead atoms. The standard InChI is InChI=1S/C43H25N3S.C39H21N3S2.C33H19N3S/c1-2-12-26(13-3-1)27-22-23-33(29-15-5-4-14-28(27)29)39-36-19-8-10-20-37(36)44-43(46-39)41-32-18-7-6-16-30(32)34-24-25-35-31-17-9-11-21-38(31)47-42(35)40(34)45-41;1-2-13-25-22(10-1)26-20-21-28-24-12-5-8-19-33(24)44-38(28)35(26)41-36(25)39-40-31-17-6-3-14-29(31)34(42-39)30-16-9-15-27-23-11-4-7-18-32(23)43-37(27)30;1-2-10-20(11-3-1)29-26-15-6-8-16-27(26)34-33(36-29)31-23-14-5-4-12-21(23)24-18-19-25-22-13-7-9-17-28(22)37-32(25)30(24)35-31/h1-25H;1-21H;1-19H. The second kappa shape index (κ2) is 30.0. The van der Waals surface area contributed by atoms with Gasteiger partial charge < -0.3 is 0 Å². The number of rotatable bonds is 7. The molecule has 0 aliphatic heterocycles. The van der Waals surface area contributed by atoms with E-state index in [-0.39, 0.29) is 0 Å². The molecular weight excluding hydrogens is 1640 g/mol. The number of pyridine rings is 3. The largest absolute Gasteiger partial charge is 0.242 e. The third kappa shape index (κ3) is 12.0. The molecule has 0 radical (unpaired) electrons. The lowest BCUT2D eigenvalue weighted by Crippen LogP contribution is -1.99. The number of hydrogen-bond acceptors (Lipinski definition) is 13. The molecule has 9 nitrogen and oxygen atoms in total. The van der Waals surface area contributed by atoms with Gasteiger partial charge >= 0.3 is 0 Å². The first-order chi connectivity index (χ1) is 63.5. The van der Waals surface area contributed by atoms with Crippen molar-refractivity contribution in [3.63, 3.8) is 0 Å². The SMILES string of the molecule is c1ccc(-c2ccc(-c3nc(-c4nc5c(ccc6c7ccccc7sc65)c5ccccc45)nc4ccccc34)c3ccccc23)cc1.c1ccc(-c2nc(-c3nc4c(ccc5c6ccccc6sc54)c4ccccc34)nc3ccccc23)cc1.c1ccc2c(-c3cccc4c3sc3ccccc34)nc(-c3nc4c(ccc5c6ccccc6sc54)c4ccccc34)nc2c1. The molecular formula is C115H65N9S4.